The standard InChI is InChI=1S/C26H24N4O2S/c1-32-22-15-9-8-10-19(22)16-17-27-23(31)18-33-26-28-24(20-11-4-2-5-12-20)25(29-30-26)21-13-6-3-7-14-21/h2-15H,16-18H2,1H3,(H,27,31). The van der Waals surface area contributed by atoms with Crippen molar-refractivity contribution in [1.29, 1.82) is 0 Å². The summed E-state index contributed by atoms with van der Waals surface area (Å²) in [6, 6.07) is 27.6. The molecule has 33 heavy (non-hydrogen) atoms. The maximum Gasteiger partial charge on any atom is 0.230 e. The Kier molecular flexibility index (Phi) is 7.66. The maximum atomic E-state index is 12.4. The van der Waals surface area contributed by atoms with Gasteiger partial charge in [0, 0.05) is 17.7 Å². The van der Waals surface area contributed by atoms with E-state index in [2.05, 4.69) is 15.5 Å². The molecule has 0 atom stereocenters. The monoisotopic (exact) mass is 456 g/mol. The lowest BCUT2D eigenvalue weighted by atomic mass is 10.0. The van der Waals surface area contributed by atoms with Crippen molar-refractivity contribution in [3.8, 4) is 28.3 Å². The first-order valence-electron chi connectivity index (χ1n) is 10.6. The highest BCUT2D eigenvalue weighted by molar-refractivity contribution is 7.99. The fourth-order valence-electron chi connectivity index (χ4n) is 3.39. The number of ether oxygens (including phenoxy) is 1. The molecule has 1 N–H and O–H groups in total. The van der Waals surface area contributed by atoms with E-state index in [0.717, 1.165) is 28.1 Å². The van der Waals surface area contributed by atoms with Crippen LogP contribution in [0, 0.1) is 0 Å². The lowest BCUT2D eigenvalue weighted by Crippen LogP contribution is -2.27. The second kappa shape index (κ2) is 11.2. The largest absolute Gasteiger partial charge is 0.496 e. The maximum absolute atomic E-state index is 12.4. The fraction of sp³-hybridized carbons (Fsp3) is 0.154. The summed E-state index contributed by atoms with van der Waals surface area (Å²) in [7, 11) is 1.65. The lowest BCUT2D eigenvalue weighted by molar-refractivity contribution is -0.118. The van der Waals surface area contributed by atoms with Gasteiger partial charge in [-0.05, 0) is 18.1 Å². The van der Waals surface area contributed by atoms with E-state index in [4.69, 9.17) is 9.72 Å². The number of methoxy groups -OCH3 is 1. The number of nitrogens with zero attached hydrogens (tertiary/aromatic N) is 3. The summed E-state index contributed by atoms with van der Waals surface area (Å²) in [5, 5.41) is 12.1. The van der Waals surface area contributed by atoms with Crippen LogP contribution in [0.5, 0.6) is 5.75 Å². The van der Waals surface area contributed by atoms with E-state index in [1.807, 2.05) is 84.9 Å². The van der Waals surface area contributed by atoms with Crippen LogP contribution in [0.3, 0.4) is 0 Å². The Morgan fingerprint density at radius 3 is 2.18 bits per heavy atom. The molecule has 0 bridgehead atoms. The average molecular weight is 457 g/mol. The summed E-state index contributed by atoms with van der Waals surface area (Å²) < 4.78 is 5.36. The quantitative estimate of drug-likeness (QED) is 0.369. The minimum Gasteiger partial charge on any atom is -0.496 e. The van der Waals surface area contributed by atoms with E-state index >= 15 is 0 Å². The van der Waals surface area contributed by atoms with Crippen LogP contribution in [0.15, 0.2) is 90.1 Å². The first-order chi connectivity index (χ1) is 16.2. The van der Waals surface area contributed by atoms with Crippen LogP contribution in [-0.2, 0) is 11.2 Å². The van der Waals surface area contributed by atoms with Crippen molar-refractivity contribution >= 4 is 17.7 Å². The van der Waals surface area contributed by atoms with Crippen LogP contribution in [0.4, 0.5) is 0 Å². The van der Waals surface area contributed by atoms with Crippen molar-refractivity contribution in [2.24, 2.45) is 0 Å². The van der Waals surface area contributed by atoms with Crippen molar-refractivity contribution in [3.05, 3.63) is 90.5 Å². The molecule has 0 unspecified atom stereocenters. The number of nitrogens with one attached hydrogen (secondary N) is 1. The zero-order chi connectivity index (χ0) is 22.9. The molecule has 4 rings (SSSR count). The molecule has 0 spiro atoms. The number of carbonyl (C=O) groups excluding carboxylic acids is 1. The summed E-state index contributed by atoms with van der Waals surface area (Å²) in [6.45, 7) is 0.529. The van der Waals surface area contributed by atoms with E-state index in [0.29, 0.717) is 23.8 Å². The number of aromatic nitrogens is 3. The number of para-hydroxylation sites is 1. The van der Waals surface area contributed by atoms with Crippen LogP contribution in [-0.4, -0.2) is 40.5 Å². The third kappa shape index (κ3) is 5.96. The normalized spacial score (nSPS) is 10.6. The Labute approximate surface area is 197 Å². The number of carbonyl (C=O) groups is 1. The topological polar surface area (TPSA) is 77.0 Å². The van der Waals surface area contributed by atoms with Crippen LogP contribution >= 0.6 is 11.8 Å². The Bertz CT molecular complexity index is 1200. The molecule has 4 aromatic rings. The van der Waals surface area contributed by atoms with Crippen molar-refractivity contribution in [3.63, 3.8) is 0 Å². The number of amides is 1. The van der Waals surface area contributed by atoms with Gasteiger partial charge >= 0.3 is 0 Å². The van der Waals surface area contributed by atoms with E-state index in [1.54, 1.807) is 7.11 Å². The SMILES string of the molecule is COc1ccccc1CCNC(=O)CSc1nnc(-c2ccccc2)c(-c2ccccc2)n1. The molecule has 0 saturated carbocycles. The highest BCUT2D eigenvalue weighted by Gasteiger charge is 2.14. The summed E-state index contributed by atoms with van der Waals surface area (Å²) >= 11 is 1.27. The molecule has 0 fully saturated rings. The molecule has 6 nitrogen and oxygen atoms in total. The summed E-state index contributed by atoms with van der Waals surface area (Å²) in [5.74, 6) is 0.964. The van der Waals surface area contributed by atoms with Gasteiger partial charge < -0.3 is 10.1 Å². The Morgan fingerprint density at radius 2 is 1.48 bits per heavy atom. The van der Waals surface area contributed by atoms with E-state index in [-0.39, 0.29) is 11.7 Å². The molecule has 0 aliphatic heterocycles. The lowest BCUT2D eigenvalue weighted by Gasteiger charge is -2.10. The van der Waals surface area contributed by atoms with Gasteiger partial charge in [0.1, 0.15) is 17.1 Å². The molecular weight excluding hydrogens is 432 g/mol. The van der Waals surface area contributed by atoms with Crippen LogP contribution in [0.2, 0.25) is 0 Å². The molecule has 1 amide bonds. The van der Waals surface area contributed by atoms with Gasteiger partial charge in [0.05, 0.1) is 12.9 Å². The molecule has 1 heterocycles. The molecular formula is C26H24N4O2S. The minimum atomic E-state index is -0.0769. The van der Waals surface area contributed by atoms with Gasteiger partial charge in [-0.2, -0.15) is 0 Å². The minimum absolute atomic E-state index is 0.0769. The first kappa shape index (κ1) is 22.5. The zero-order valence-corrected chi connectivity index (χ0v) is 19.1. The third-order valence-electron chi connectivity index (χ3n) is 5.00. The first-order valence-corrected chi connectivity index (χ1v) is 11.6. The molecule has 7 heteroatoms. The van der Waals surface area contributed by atoms with E-state index in [1.165, 1.54) is 11.8 Å². The Morgan fingerprint density at radius 1 is 0.848 bits per heavy atom. The molecule has 1 aromatic heterocycles. The average Bonchev–Trinajstić information content (AvgIpc) is 2.88. The van der Waals surface area contributed by atoms with Gasteiger partial charge in [0.2, 0.25) is 11.1 Å². The smallest absolute Gasteiger partial charge is 0.230 e. The number of thioether (sulfide) groups is 1. The predicted octanol–water partition coefficient (Wildman–Crippen LogP) is 4.67. The second-order valence-electron chi connectivity index (χ2n) is 7.22. The van der Waals surface area contributed by atoms with Crippen molar-refractivity contribution in [1.82, 2.24) is 20.5 Å². The van der Waals surface area contributed by atoms with Gasteiger partial charge in [0.15, 0.2) is 0 Å². The number of benzene rings is 3. The molecule has 3 aromatic carbocycles. The van der Waals surface area contributed by atoms with Gasteiger partial charge in [-0.3, -0.25) is 4.79 Å². The van der Waals surface area contributed by atoms with Gasteiger partial charge in [0.25, 0.3) is 0 Å². The van der Waals surface area contributed by atoms with E-state index < -0.39 is 0 Å². The third-order valence-corrected chi connectivity index (χ3v) is 5.84. The van der Waals surface area contributed by atoms with Crippen LogP contribution < -0.4 is 10.1 Å². The van der Waals surface area contributed by atoms with Crippen LogP contribution in [0.25, 0.3) is 22.5 Å². The number of hydrogen-bond acceptors (Lipinski definition) is 6. The molecule has 0 aliphatic rings. The number of rotatable bonds is 9. The molecule has 0 saturated heterocycles. The Balaban J connectivity index is 1.41. The van der Waals surface area contributed by atoms with Crippen molar-refractivity contribution in [2.75, 3.05) is 19.4 Å². The summed E-state index contributed by atoms with van der Waals surface area (Å²) in [6.07, 6.45) is 0.697. The summed E-state index contributed by atoms with van der Waals surface area (Å²) in [4.78, 5) is 17.1. The van der Waals surface area contributed by atoms with Crippen molar-refractivity contribution in [2.45, 2.75) is 11.6 Å². The zero-order valence-electron chi connectivity index (χ0n) is 18.3. The van der Waals surface area contributed by atoms with Gasteiger partial charge in [-0.15, -0.1) is 10.2 Å². The van der Waals surface area contributed by atoms with Crippen LogP contribution in [0.1, 0.15) is 5.56 Å². The Hall–Kier alpha value is -3.71. The molecule has 166 valence electrons. The number of hydrogen-bond donors (Lipinski definition) is 1. The van der Waals surface area contributed by atoms with Crippen molar-refractivity contribution < 1.29 is 9.53 Å². The molecule has 0 aliphatic carbocycles. The highest BCUT2D eigenvalue weighted by Crippen LogP contribution is 2.29. The fourth-order valence-corrected chi connectivity index (χ4v) is 4.00. The highest BCUT2D eigenvalue weighted by atomic mass is 32.2. The second-order valence-corrected chi connectivity index (χ2v) is 8.17. The van der Waals surface area contributed by atoms with Gasteiger partial charge in [-0.1, -0.05) is 90.6 Å². The van der Waals surface area contributed by atoms with Gasteiger partial charge in [-0.25, -0.2) is 4.98 Å². The van der Waals surface area contributed by atoms with E-state index in [9.17, 15) is 4.79 Å². The molecule has 0 radical (unpaired) electrons. The predicted molar refractivity (Wildman–Crippen MR) is 131 cm³/mol. The summed E-state index contributed by atoms with van der Waals surface area (Å²) in [5.41, 5.74) is 4.42.